The first-order valence-electron chi connectivity index (χ1n) is 5.77. The van der Waals surface area contributed by atoms with Crippen molar-refractivity contribution in [3.05, 3.63) is 0 Å². The van der Waals surface area contributed by atoms with E-state index in [1.54, 1.807) is 0 Å². The Labute approximate surface area is 93.2 Å². The van der Waals surface area contributed by atoms with E-state index < -0.39 is 5.54 Å². The molecule has 1 heterocycles. The van der Waals surface area contributed by atoms with Gasteiger partial charge in [-0.2, -0.15) is 0 Å². The van der Waals surface area contributed by atoms with Crippen LogP contribution in [0.2, 0.25) is 0 Å². The van der Waals surface area contributed by atoms with Crippen molar-refractivity contribution in [2.24, 2.45) is 5.41 Å². The van der Waals surface area contributed by atoms with Gasteiger partial charge in [-0.1, -0.05) is 13.8 Å². The van der Waals surface area contributed by atoms with Gasteiger partial charge in [0, 0.05) is 13.1 Å². The van der Waals surface area contributed by atoms with E-state index >= 15 is 0 Å². The van der Waals surface area contributed by atoms with E-state index in [4.69, 9.17) is 0 Å². The van der Waals surface area contributed by atoms with Crippen LogP contribution < -0.4 is 5.32 Å². The van der Waals surface area contributed by atoms with Crippen LogP contribution in [0.25, 0.3) is 0 Å². The van der Waals surface area contributed by atoms with Crippen molar-refractivity contribution in [3.8, 4) is 0 Å². The summed E-state index contributed by atoms with van der Waals surface area (Å²) in [5.74, 6) is 0.220. The zero-order chi connectivity index (χ0) is 11.7. The minimum Gasteiger partial charge on any atom is -0.341 e. The van der Waals surface area contributed by atoms with Crippen molar-refractivity contribution in [1.29, 1.82) is 0 Å². The third-order valence-corrected chi connectivity index (χ3v) is 3.35. The average molecular weight is 212 g/mol. The van der Waals surface area contributed by atoms with Gasteiger partial charge in [-0.25, -0.2) is 0 Å². The molecule has 0 aromatic heterocycles. The summed E-state index contributed by atoms with van der Waals surface area (Å²) in [6.45, 7) is 10.1. The Balaban J connectivity index is 2.68. The van der Waals surface area contributed by atoms with Crippen LogP contribution in [-0.2, 0) is 4.79 Å². The standard InChI is InChI=1S/C12H24N2O/c1-11(2)7-6-8-14(9-11)10(15)12(3,4)13-5/h13H,6-9H2,1-5H3. The summed E-state index contributed by atoms with van der Waals surface area (Å²) < 4.78 is 0. The van der Waals surface area contributed by atoms with E-state index in [0.717, 1.165) is 19.5 Å². The molecule has 0 aromatic rings. The van der Waals surface area contributed by atoms with Crippen LogP contribution in [-0.4, -0.2) is 36.5 Å². The normalized spacial score (nSPS) is 21.5. The Morgan fingerprint density at radius 1 is 1.40 bits per heavy atom. The van der Waals surface area contributed by atoms with Crippen molar-refractivity contribution in [2.45, 2.75) is 46.1 Å². The molecule has 1 amide bonds. The predicted molar refractivity (Wildman–Crippen MR) is 62.7 cm³/mol. The third-order valence-electron chi connectivity index (χ3n) is 3.35. The molecule has 88 valence electrons. The SMILES string of the molecule is CNC(C)(C)C(=O)N1CCCC(C)(C)C1. The molecule has 15 heavy (non-hydrogen) atoms. The quantitative estimate of drug-likeness (QED) is 0.754. The molecule has 1 N–H and O–H groups in total. The Hall–Kier alpha value is -0.570. The molecular formula is C12H24N2O. The van der Waals surface area contributed by atoms with Crippen LogP contribution in [0.4, 0.5) is 0 Å². The molecule has 3 nitrogen and oxygen atoms in total. The van der Waals surface area contributed by atoms with E-state index in [0.29, 0.717) is 0 Å². The fourth-order valence-corrected chi connectivity index (χ4v) is 2.10. The van der Waals surface area contributed by atoms with Crippen molar-refractivity contribution in [3.63, 3.8) is 0 Å². The van der Waals surface area contributed by atoms with Crippen LogP contribution in [0.1, 0.15) is 40.5 Å². The monoisotopic (exact) mass is 212 g/mol. The fraction of sp³-hybridized carbons (Fsp3) is 0.917. The average Bonchev–Trinajstić information content (AvgIpc) is 2.15. The molecule has 0 unspecified atom stereocenters. The summed E-state index contributed by atoms with van der Waals surface area (Å²) in [5, 5.41) is 3.07. The van der Waals surface area contributed by atoms with E-state index in [1.807, 2.05) is 25.8 Å². The Morgan fingerprint density at radius 2 is 2.00 bits per heavy atom. The molecule has 1 saturated heterocycles. The summed E-state index contributed by atoms with van der Waals surface area (Å²) in [6, 6.07) is 0. The molecule has 1 aliphatic rings. The maximum Gasteiger partial charge on any atom is 0.242 e. The topological polar surface area (TPSA) is 32.3 Å². The molecule has 0 saturated carbocycles. The summed E-state index contributed by atoms with van der Waals surface area (Å²) in [5.41, 5.74) is -0.162. The maximum absolute atomic E-state index is 12.2. The molecule has 0 atom stereocenters. The molecule has 1 fully saturated rings. The lowest BCUT2D eigenvalue weighted by Gasteiger charge is -2.41. The van der Waals surface area contributed by atoms with Crippen LogP contribution in [0.5, 0.6) is 0 Å². The number of nitrogens with one attached hydrogen (secondary N) is 1. The Morgan fingerprint density at radius 3 is 2.47 bits per heavy atom. The van der Waals surface area contributed by atoms with Gasteiger partial charge >= 0.3 is 0 Å². The highest BCUT2D eigenvalue weighted by molar-refractivity contribution is 5.85. The summed E-state index contributed by atoms with van der Waals surface area (Å²) >= 11 is 0. The van der Waals surface area contributed by atoms with E-state index in [-0.39, 0.29) is 11.3 Å². The largest absolute Gasteiger partial charge is 0.341 e. The maximum atomic E-state index is 12.2. The highest BCUT2D eigenvalue weighted by atomic mass is 16.2. The zero-order valence-electron chi connectivity index (χ0n) is 10.7. The van der Waals surface area contributed by atoms with Gasteiger partial charge in [0.25, 0.3) is 0 Å². The molecule has 0 bridgehead atoms. The first kappa shape index (κ1) is 12.5. The lowest BCUT2D eigenvalue weighted by molar-refractivity contribution is -0.140. The fourth-order valence-electron chi connectivity index (χ4n) is 2.10. The van der Waals surface area contributed by atoms with E-state index in [1.165, 1.54) is 6.42 Å². The second-order valence-electron chi connectivity index (χ2n) is 5.87. The van der Waals surface area contributed by atoms with Crippen molar-refractivity contribution >= 4 is 5.91 Å². The van der Waals surface area contributed by atoms with Gasteiger partial charge < -0.3 is 10.2 Å². The van der Waals surface area contributed by atoms with Gasteiger partial charge in [0.1, 0.15) is 0 Å². The van der Waals surface area contributed by atoms with Crippen molar-refractivity contribution < 1.29 is 4.79 Å². The number of amides is 1. The lowest BCUT2D eigenvalue weighted by atomic mass is 9.83. The highest BCUT2D eigenvalue weighted by Crippen LogP contribution is 2.29. The number of carbonyl (C=O) groups excluding carboxylic acids is 1. The summed E-state index contributed by atoms with van der Waals surface area (Å²) in [7, 11) is 1.84. The van der Waals surface area contributed by atoms with Gasteiger partial charge in [-0.05, 0) is 39.2 Å². The van der Waals surface area contributed by atoms with Gasteiger partial charge in [-0.3, -0.25) is 4.79 Å². The number of hydrogen-bond acceptors (Lipinski definition) is 2. The van der Waals surface area contributed by atoms with Crippen molar-refractivity contribution in [2.75, 3.05) is 20.1 Å². The highest BCUT2D eigenvalue weighted by Gasteiger charge is 2.35. The number of nitrogens with zero attached hydrogens (tertiary/aromatic N) is 1. The van der Waals surface area contributed by atoms with Gasteiger partial charge in [-0.15, -0.1) is 0 Å². The lowest BCUT2D eigenvalue weighted by Crippen LogP contribution is -2.56. The van der Waals surface area contributed by atoms with Crippen LogP contribution in [0.15, 0.2) is 0 Å². The molecular weight excluding hydrogens is 188 g/mol. The number of likely N-dealkylation sites (N-methyl/N-ethyl adjacent to an activating group) is 1. The van der Waals surface area contributed by atoms with Crippen LogP contribution >= 0.6 is 0 Å². The second-order valence-corrected chi connectivity index (χ2v) is 5.87. The minimum atomic E-state index is -0.437. The smallest absolute Gasteiger partial charge is 0.242 e. The summed E-state index contributed by atoms with van der Waals surface area (Å²) in [4.78, 5) is 14.2. The van der Waals surface area contributed by atoms with E-state index in [9.17, 15) is 4.79 Å². The van der Waals surface area contributed by atoms with Gasteiger partial charge in [0.15, 0.2) is 0 Å². The first-order valence-corrected chi connectivity index (χ1v) is 5.77. The number of rotatable bonds is 2. The Kier molecular flexibility index (Phi) is 3.44. The Bertz CT molecular complexity index is 246. The number of piperidine rings is 1. The van der Waals surface area contributed by atoms with Crippen LogP contribution in [0, 0.1) is 5.41 Å². The number of carbonyl (C=O) groups is 1. The van der Waals surface area contributed by atoms with Gasteiger partial charge in [0.05, 0.1) is 5.54 Å². The molecule has 0 spiro atoms. The molecule has 0 aliphatic carbocycles. The predicted octanol–water partition coefficient (Wildman–Crippen LogP) is 1.63. The van der Waals surface area contributed by atoms with Gasteiger partial charge in [0.2, 0.25) is 5.91 Å². The summed E-state index contributed by atoms with van der Waals surface area (Å²) in [6.07, 6.45) is 2.34. The first-order chi connectivity index (χ1) is 6.78. The molecule has 0 aromatic carbocycles. The number of hydrogen-bond donors (Lipinski definition) is 1. The second kappa shape index (κ2) is 4.12. The number of likely N-dealkylation sites (tertiary alicyclic amines) is 1. The molecule has 1 rings (SSSR count). The zero-order valence-corrected chi connectivity index (χ0v) is 10.7. The van der Waals surface area contributed by atoms with Crippen molar-refractivity contribution in [1.82, 2.24) is 10.2 Å². The minimum absolute atomic E-state index is 0.220. The molecule has 0 radical (unpaired) electrons. The van der Waals surface area contributed by atoms with Crippen LogP contribution in [0.3, 0.4) is 0 Å². The third kappa shape index (κ3) is 2.94. The molecule has 1 aliphatic heterocycles. The molecule has 3 heteroatoms. The van der Waals surface area contributed by atoms with E-state index in [2.05, 4.69) is 19.2 Å².